The summed E-state index contributed by atoms with van der Waals surface area (Å²) in [6, 6.07) is 3.58. The maximum absolute atomic E-state index is 12.9. The summed E-state index contributed by atoms with van der Waals surface area (Å²) in [7, 11) is -4.04. The second-order valence-electron chi connectivity index (χ2n) is 9.89. The lowest BCUT2D eigenvalue weighted by Crippen LogP contribution is -2.63. The fourth-order valence-corrected chi connectivity index (χ4v) is 7.86. The van der Waals surface area contributed by atoms with Crippen LogP contribution in [0.15, 0.2) is 44.4 Å². The molecule has 2 aromatic rings. The number of nitrogens with one attached hydrogen (secondary N) is 2. The van der Waals surface area contributed by atoms with Crippen molar-refractivity contribution in [3.05, 3.63) is 40.6 Å². The van der Waals surface area contributed by atoms with Gasteiger partial charge in [-0.25, -0.2) is 18.4 Å². The summed E-state index contributed by atoms with van der Waals surface area (Å²) in [6.07, 6.45) is 0.951. The number of amides is 2. The number of carbonyl (C=O) groups is 3. The molecule has 5 rings (SSSR count). The topological polar surface area (TPSA) is 192 Å². The largest absolute Gasteiger partial charge is 0.477 e. The number of carboxylic acid groups (broad SMARTS) is 1. The Hall–Kier alpha value is -2.91. The number of β-lactam (4-membered cyclic amide) rings is 1. The third-order valence-electron chi connectivity index (χ3n) is 7.41. The van der Waals surface area contributed by atoms with E-state index in [2.05, 4.69) is 10.6 Å². The highest BCUT2D eigenvalue weighted by Crippen LogP contribution is 2.51. The molecule has 2 amide bonds. The summed E-state index contributed by atoms with van der Waals surface area (Å²) in [5, 5.41) is 31.5. The van der Waals surface area contributed by atoms with E-state index in [-0.39, 0.29) is 34.2 Å². The van der Waals surface area contributed by atoms with Gasteiger partial charge in [-0.2, -0.15) is 0 Å². The van der Waals surface area contributed by atoms with Gasteiger partial charge in [0.1, 0.15) is 11.3 Å². The minimum atomic E-state index is -4.04. The Kier molecular flexibility index (Phi) is 6.80. The summed E-state index contributed by atoms with van der Waals surface area (Å²) in [5.74, 6) is -2.82. The van der Waals surface area contributed by atoms with Gasteiger partial charge in [-0.3, -0.25) is 9.59 Å². The van der Waals surface area contributed by atoms with Crippen LogP contribution < -0.4 is 15.8 Å². The second kappa shape index (κ2) is 9.68. The molecule has 6 N–H and O–H groups in total. The van der Waals surface area contributed by atoms with Gasteiger partial charge in [0.25, 0.3) is 0 Å². The fraction of sp³-hybridized carbons (Fsp3) is 0.458. The number of benzene rings is 1. The fourth-order valence-electron chi connectivity index (χ4n) is 5.59. The number of fused-ring (bicyclic) bond motifs is 2. The van der Waals surface area contributed by atoms with Crippen LogP contribution >= 0.6 is 11.8 Å². The first-order valence-corrected chi connectivity index (χ1v) is 14.5. The number of hydrogen-bond acceptors (Lipinski definition) is 9. The van der Waals surface area contributed by atoms with Crippen LogP contribution in [0.2, 0.25) is 0 Å². The Morgan fingerprint density at radius 3 is 2.76 bits per heavy atom. The molecule has 3 aliphatic rings. The predicted octanol–water partition coefficient (Wildman–Crippen LogP) is 0.314. The third kappa shape index (κ3) is 4.49. The van der Waals surface area contributed by atoms with E-state index < -0.39 is 46.0 Å². The molecule has 204 valence electrons. The van der Waals surface area contributed by atoms with Crippen molar-refractivity contribution in [2.24, 2.45) is 17.0 Å². The van der Waals surface area contributed by atoms with Crippen molar-refractivity contribution in [3.8, 4) is 0 Å². The highest BCUT2D eigenvalue weighted by Gasteiger charge is 2.60. The molecule has 0 saturated carbocycles. The number of furan rings is 1. The maximum Gasteiger partial charge on any atom is 0.353 e. The van der Waals surface area contributed by atoms with Gasteiger partial charge < -0.3 is 30.2 Å². The molecule has 0 bridgehead atoms. The Morgan fingerprint density at radius 2 is 2.11 bits per heavy atom. The molecule has 2 fully saturated rings. The summed E-state index contributed by atoms with van der Waals surface area (Å²) in [6.45, 7) is 3.73. The first-order chi connectivity index (χ1) is 17.9. The predicted molar refractivity (Wildman–Crippen MR) is 137 cm³/mol. The number of aliphatic carboxylic acids is 1. The zero-order chi connectivity index (χ0) is 27.5. The average molecular weight is 565 g/mol. The third-order valence-corrected chi connectivity index (χ3v) is 9.91. The van der Waals surface area contributed by atoms with Crippen molar-refractivity contribution in [2.45, 2.75) is 55.1 Å². The lowest BCUT2D eigenvalue weighted by Gasteiger charge is -2.46. The Labute approximate surface area is 222 Å². The molecule has 0 unspecified atom stereocenters. The monoisotopic (exact) mass is 564 g/mol. The highest BCUT2D eigenvalue weighted by molar-refractivity contribution is 8.03. The van der Waals surface area contributed by atoms with Crippen molar-refractivity contribution in [3.63, 3.8) is 0 Å². The summed E-state index contributed by atoms with van der Waals surface area (Å²) in [5.41, 5.74) is 0.711. The van der Waals surface area contributed by atoms with Gasteiger partial charge in [0.05, 0.1) is 35.3 Å². The average Bonchev–Trinajstić information content (AvgIpc) is 3.54. The zero-order valence-electron chi connectivity index (χ0n) is 20.6. The summed E-state index contributed by atoms with van der Waals surface area (Å²) >= 11 is 1.34. The molecule has 6 atom stereocenters. The second-order valence-corrected chi connectivity index (χ2v) is 12.8. The Morgan fingerprint density at radius 1 is 1.37 bits per heavy atom. The number of rotatable bonds is 8. The van der Waals surface area contributed by atoms with Gasteiger partial charge in [0, 0.05) is 34.5 Å². The molecule has 2 saturated heterocycles. The van der Waals surface area contributed by atoms with Crippen LogP contribution in [0.4, 0.5) is 0 Å². The van der Waals surface area contributed by atoms with E-state index in [1.807, 2.05) is 6.92 Å². The number of aliphatic hydroxyl groups is 1. The zero-order valence-corrected chi connectivity index (χ0v) is 22.2. The molecule has 12 nitrogen and oxygen atoms in total. The highest BCUT2D eigenvalue weighted by atomic mass is 32.2. The van der Waals surface area contributed by atoms with Crippen molar-refractivity contribution < 1.29 is 37.4 Å². The van der Waals surface area contributed by atoms with E-state index in [0.717, 1.165) is 0 Å². The summed E-state index contributed by atoms with van der Waals surface area (Å²) in [4.78, 5) is 39.2. The van der Waals surface area contributed by atoms with Crippen LogP contribution in [-0.4, -0.2) is 71.3 Å². The van der Waals surface area contributed by atoms with Crippen molar-refractivity contribution in [1.29, 1.82) is 0 Å². The van der Waals surface area contributed by atoms with Gasteiger partial charge in [0.15, 0.2) is 0 Å². The van der Waals surface area contributed by atoms with Crippen LogP contribution in [-0.2, 0) is 31.0 Å². The van der Waals surface area contributed by atoms with E-state index in [1.165, 1.54) is 42.0 Å². The smallest absolute Gasteiger partial charge is 0.353 e. The number of hydrogen-bond donors (Lipinski definition) is 5. The molecule has 1 aromatic heterocycles. The van der Waals surface area contributed by atoms with E-state index in [1.54, 1.807) is 6.07 Å². The minimum Gasteiger partial charge on any atom is -0.477 e. The van der Waals surface area contributed by atoms with Gasteiger partial charge in [-0.05, 0) is 37.1 Å². The number of sulfonamides is 1. The molecule has 0 aliphatic carbocycles. The normalized spacial score (nSPS) is 27.9. The van der Waals surface area contributed by atoms with Crippen LogP contribution in [0.1, 0.15) is 25.8 Å². The molecule has 4 heterocycles. The number of primary sulfonamides is 1. The number of thioether (sulfide) groups is 1. The standard InChI is InChI=1S/C24H28N4O8S2/c1-10-19-18(11(2)29)23(31)28(19)20(24(32)33)21(10)37-14-7-15(26-9-14)22(30)27-8-13-5-16-12(3-4-36-16)6-17(13)38(25,34)35/h3-6,10-11,14-15,18-19,26,29H,7-9H2,1-2H3,(H,27,30)(H,32,33)(H2,25,34,35)/t10-,11-,14+,15+,18-,19-/m1/s1. The number of nitrogens with two attached hydrogens (primary N) is 1. The van der Waals surface area contributed by atoms with Crippen LogP contribution in [0, 0.1) is 11.8 Å². The molecule has 0 radical (unpaired) electrons. The van der Waals surface area contributed by atoms with E-state index in [9.17, 15) is 33.0 Å². The number of carbonyl (C=O) groups excluding carboxylic acids is 2. The summed E-state index contributed by atoms with van der Waals surface area (Å²) < 4.78 is 29.5. The lowest BCUT2D eigenvalue weighted by molar-refractivity contribution is -0.163. The van der Waals surface area contributed by atoms with E-state index >= 15 is 0 Å². The maximum atomic E-state index is 12.9. The lowest BCUT2D eigenvalue weighted by atomic mass is 9.79. The molecular formula is C24H28N4O8S2. The van der Waals surface area contributed by atoms with Gasteiger partial charge in [-0.1, -0.05) is 6.92 Å². The first kappa shape index (κ1) is 26.7. The number of carboxylic acids is 1. The molecule has 14 heteroatoms. The SMILES string of the molecule is C[C@@H](O)[C@H]1C(=O)N2C(C(=O)O)=C(S[C@@H]3CN[C@H](C(=O)NCc4cc5occc5cc4S(N)(=O)=O)C3)[C@H](C)[C@H]12. The Balaban J connectivity index is 1.25. The number of nitrogens with zero attached hydrogens (tertiary/aromatic N) is 1. The van der Waals surface area contributed by atoms with Gasteiger partial charge >= 0.3 is 5.97 Å². The molecule has 38 heavy (non-hydrogen) atoms. The quantitative estimate of drug-likeness (QED) is 0.279. The van der Waals surface area contributed by atoms with Crippen LogP contribution in [0.25, 0.3) is 11.0 Å². The minimum absolute atomic E-state index is 0.0499. The van der Waals surface area contributed by atoms with Crippen LogP contribution in [0.5, 0.6) is 0 Å². The van der Waals surface area contributed by atoms with Crippen molar-refractivity contribution >= 4 is 50.5 Å². The van der Waals surface area contributed by atoms with Gasteiger partial charge in [-0.15, -0.1) is 11.8 Å². The van der Waals surface area contributed by atoms with E-state index in [4.69, 9.17) is 9.56 Å². The van der Waals surface area contributed by atoms with Gasteiger partial charge in [0.2, 0.25) is 21.8 Å². The van der Waals surface area contributed by atoms with Crippen molar-refractivity contribution in [2.75, 3.05) is 6.54 Å². The molecular weight excluding hydrogens is 536 g/mol. The first-order valence-electron chi connectivity index (χ1n) is 12.1. The molecule has 0 spiro atoms. The number of aliphatic hydroxyl groups excluding tert-OH is 1. The molecule has 1 aromatic carbocycles. The van der Waals surface area contributed by atoms with Crippen molar-refractivity contribution in [1.82, 2.24) is 15.5 Å². The molecule has 3 aliphatic heterocycles. The van der Waals surface area contributed by atoms with E-state index in [0.29, 0.717) is 34.4 Å². The van der Waals surface area contributed by atoms with Crippen LogP contribution in [0.3, 0.4) is 0 Å². The Bertz CT molecular complexity index is 1470.